The second-order valence-corrected chi connectivity index (χ2v) is 2.69. The normalized spacial score (nSPS) is 9.09. The molecule has 1 aromatic rings. The summed E-state index contributed by atoms with van der Waals surface area (Å²) >= 11 is 3.28. The van der Waals surface area contributed by atoms with E-state index in [9.17, 15) is 0 Å². The van der Waals surface area contributed by atoms with Crippen LogP contribution in [0.25, 0.3) is 0 Å². The maximum atomic E-state index is 8.68. The van der Waals surface area contributed by atoms with Crippen molar-refractivity contribution >= 4 is 21.6 Å². The van der Waals surface area contributed by atoms with E-state index in [0.717, 1.165) is 5.56 Å². The Morgan fingerprint density at radius 1 is 1.55 bits per heavy atom. The first-order chi connectivity index (χ1) is 5.29. The number of nitrogen functional groups attached to an aromatic ring is 1. The van der Waals surface area contributed by atoms with E-state index in [1.165, 1.54) is 0 Å². The summed E-state index contributed by atoms with van der Waals surface area (Å²) in [5.41, 5.74) is 7.62. The van der Waals surface area contributed by atoms with Crippen LogP contribution < -0.4 is 5.73 Å². The Morgan fingerprint density at radius 3 is 2.73 bits per heavy atom. The van der Waals surface area contributed by atoms with Gasteiger partial charge in [0.25, 0.3) is 0 Å². The molecule has 0 radical (unpaired) electrons. The van der Waals surface area contributed by atoms with Crippen molar-refractivity contribution in [2.45, 2.75) is 5.33 Å². The molecule has 11 heavy (non-hydrogen) atoms. The Kier molecular flexibility index (Phi) is 2.50. The van der Waals surface area contributed by atoms with Gasteiger partial charge in [-0.3, -0.25) is 0 Å². The van der Waals surface area contributed by atoms with Crippen LogP contribution in [0.5, 0.6) is 0 Å². The Hall–Kier alpha value is -1.01. The van der Waals surface area contributed by atoms with Crippen molar-refractivity contribution in [2.24, 2.45) is 0 Å². The third-order valence-electron chi connectivity index (χ3n) is 1.44. The van der Waals surface area contributed by atoms with E-state index in [2.05, 4.69) is 22.0 Å². The van der Waals surface area contributed by atoms with Crippen LogP contribution in [0.3, 0.4) is 0 Å². The van der Waals surface area contributed by atoms with Gasteiger partial charge in [0.1, 0.15) is 6.07 Å². The summed E-state index contributed by atoms with van der Waals surface area (Å²) in [5, 5.41) is 9.35. The number of hydrogen-bond acceptors (Lipinski definition) is 2. The van der Waals surface area contributed by atoms with Gasteiger partial charge in [0.15, 0.2) is 0 Å². The molecule has 0 heterocycles. The number of nitriles is 1. The highest BCUT2D eigenvalue weighted by Gasteiger charge is 2.02. The van der Waals surface area contributed by atoms with Crippen molar-refractivity contribution < 1.29 is 0 Å². The van der Waals surface area contributed by atoms with Crippen LogP contribution in [0, 0.1) is 11.3 Å². The summed E-state index contributed by atoms with van der Waals surface area (Å²) in [4.78, 5) is 0. The van der Waals surface area contributed by atoms with Gasteiger partial charge in [-0.25, -0.2) is 0 Å². The average molecular weight is 211 g/mol. The number of halogens is 1. The fourth-order valence-electron chi connectivity index (χ4n) is 0.868. The number of alkyl halides is 1. The Bertz CT molecular complexity index is 301. The van der Waals surface area contributed by atoms with E-state index in [-0.39, 0.29) is 0 Å². The van der Waals surface area contributed by atoms with E-state index in [1.54, 1.807) is 6.07 Å². The smallest absolute Gasteiger partial charge is 0.102 e. The van der Waals surface area contributed by atoms with Crippen molar-refractivity contribution in [1.29, 1.82) is 5.26 Å². The highest BCUT2D eigenvalue weighted by molar-refractivity contribution is 9.08. The Balaban J connectivity index is 3.27. The molecule has 2 N–H and O–H groups in total. The van der Waals surface area contributed by atoms with Crippen LogP contribution in [-0.4, -0.2) is 0 Å². The van der Waals surface area contributed by atoms with Crippen molar-refractivity contribution in [1.82, 2.24) is 0 Å². The molecule has 56 valence electrons. The fraction of sp³-hybridized carbons (Fsp3) is 0.125. The molecule has 0 saturated heterocycles. The summed E-state index contributed by atoms with van der Waals surface area (Å²) in [5.74, 6) is 0. The third-order valence-corrected chi connectivity index (χ3v) is 2.04. The third kappa shape index (κ3) is 1.52. The van der Waals surface area contributed by atoms with Gasteiger partial charge in [0.2, 0.25) is 0 Å². The van der Waals surface area contributed by atoms with Gasteiger partial charge in [-0.1, -0.05) is 28.1 Å². The van der Waals surface area contributed by atoms with E-state index >= 15 is 0 Å². The largest absolute Gasteiger partial charge is 0.398 e. The van der Waals surface area contributed by atoms with Crippen molar-refractivity contribution in [3.63, 3.8) is 0 Å². The molecule has 0 atom stereocenters. The maximum Gasteiger partial charge on any atom is 0.102 e. The summed E-state index contributed by atoms with van der Waals surface area (Å²) in [6, 6.07) is 7.51. The molecule has 3 heteroatoms. The predicted octanol–water partition coefficient (Wildman–Crippen LogP) is 2.04. The quantitative estimate of drug-likeness (QED) is 0.570. The fourth-order valence-corrected chi connectivity index (χ4v) is 1.33. The molecular formula is C8H7BrN2. The molecule has 0 unspecified atom stereocenters. The first-order valence-electron chi connectivity index (χ1n) is 3.13. The lowest BCUT2D eigenvalue weighted by atomic mass is 10.1. The molecule has 2 nitrogen and oxygen atoms in total. The van der Waals surface area contributed by atoms with Gasteiger partial charge in [-0.15, -0.1) is 0 Å². The zero-order chi connectivity index (χ0) is 8.27. The molecule has 0 aliphatic heterocycles. The number of rotatable bonds is 1. The van der Waals surface area contributed by atoms with Crippen LogP contribution in [0.1, 0.15) is 11.1 Å². The maximum absolute atomic E-state index is 8.68. The lowest BCUT2D eigenvalue weighted by Crippen LogP contribution is -1.93. The molecule has 0 saturated carbocycles. The van der Waals surface area contributed by atoms with Crippen molar-refractivity contribution in [3.8, 4) is 6.07 Å². The second kappa shape index (κ2) is 3.40. The predicted molar refractivity (Wildman–Crippen MR) is 48.2 cm³/mol. The number of benzene rings is 1. The minimum atomic E-state index is 0.546. The Morgan fingerprint density at radius 2 is 2.27 bits per heavy atom. The molecule has 0 aliphatic rings. The first-order valence-corrected chi connectivity index (χ1v) is 4.25. The monoisotopic (exact) mass is 210 g/mol. The highest BCUT2D eigenvalue weighted by atomic mass is 79.9. The minimum Gasteiger partial charge on any atom is -0.398 e. The number of hydrogen-bond donors (Lipinski definition) is 1. The average Bonchev–Trinajstić information content (AvgIpc) is 2.04. The van der Waals surface area contributed by atoms with Gasteiger partial charge in [0.05, 0.1) is 5.56 Å². The number of anilines is 1. The number of nitrogens with two attached hydrogens (primary N) is 1. The topological polar surface area (TPSA) is 49.8 Å². The molecule has 1 rings (SSSR count). The van der Waals surface area contributed by atoms with Crippen LogP contribution >= 0.6 is 15.9 Å². The van der Waals surface area contributed by atoms with E-state index in [1.807, 2.05) is 12.1 Å². The van der Waals surface area contributed by atoms with Gasteiger partial charge in [-0.2, -0.15) is 5.26 Å². The minimum absolute atomic E-state index is 0.546. The first kappa shape index (κ1) is 8.09. The summed E-state index contributed by atoms with van der Waals surface area (Å²) in [7, 11) is 0. The van der Waals surface area contributed by atoms with E-state index in [0.29, 0.717) is 16.6 Å². The van der Waals surface area contributed by atoms with E-state index < -0.39 is 0 Å². The van der Waals surface area contributed by atoms with Gasteiger partial charge in [-0.05, 0) is 11.6 Å². The van der Waals surface area contributed by atoms with Crippen LogP contribution in [0.4, 0.5) is 5.69 Å². The molecule has 0 aliphatic carbocycles. The molecular weight excluding hydrogens is 204 g/mol. The van der Waals surface area contributed by atoms with Gasteiger partial charge >= 0.3 is 0 Å². The van der Waals surface area contributed by atoms with Crippen LogP contribution in [-0.2, 0) is 5.33 Å². The lowest BCUT2D eigenvalue weighted by Gasteiger charge is -2.00. The van der Waals surface area contributed by atoms with E-state index in [4.69, 9.17) is 11.0 Å². The zero-order valence-corrected chi connectivity index (χ0v) is 7.43. The molecule has 0 amide bonds. The highest BCUT2D eigenvalue weighted by Crippen LogP contribution is 2.17. The van der Waals surface area contributed by atoms with Gasteiger partial charge in [0, 0.05) is 11.0 Å². The summed E-state index contributed by atoms with van der Waals surface area (Å²) < 4.78 is 0. The van der Waals surface area contributed by atoms with Gasteiger partial charge < -0.3 is 5.73 Å². The molecule has 0 bridgehead atoms. The molecule has 0 fully saturated rings. The summed E-state index contributed by atoms with van der Waals surface area (Å²) in [6.07, 6.45) is 0. The second-order valence-electron chi connectivity index (χ2n) is 2.13. The summed E-state index contributed by atoms with van der Waals surface area (Å²) in [6.45, 7) is 0. The SMILES string of the molecule is N#Cc1c(N)cccc1CBr. The van der Waals surface area contributed by atoms with Crippen molar-refractivity contribution in [3.05, 3.63) is 29.3 Å². The zero-order valence-electron chi connectivity index (χ0n) is 5.84. The van der Waals surface area contributed by atoms with Crippen molar-refractivity contribution in [2.75, 3.05) is 5.73 Å². The molecule has 1 aromatic carbocycles. The molecule has 0 aromatic heterocycles. The standard InChI is InChI=1S/C8H7BrN2/c9-4-6-2-1-3-8(11)7(6)5-10/h1-3H,4,11H2. The lowest BCUT2D eigenvalue weighted by molar-refractivity contribution is 1.37. The molecule has 0 spiro atoms. The van der Waals surface area contributed by atoms with Crippen LogP contribution in [0.15, 0.2) is 18.2 Å². The van der Waals surface area contributed by atoms with Crippen LogP contribution in [0.2, 0.25) is 0 Å². The number of nitrogens with zero attached hydrogens (tertiary/aromatic N) is 1. The Labute approximate surface area is 73.8 Å².